The smallest absolute Gasteiger partial charge is 0.252 e. The van der Waals surface area contributed by atoms with Gasteiger partial charge in [-0.1, -0.05) is 0 Å². The van der Waals surface area contributed by atoms with E-state index in [1.54, 1.807) is 28.7 Å². The van der Waals surface area contributed by atoms with Crippen LogP contribution in [0.1, 0.15) is 33.0 Å². The fourth-order valence-electron chi connectivity index (χ4n) is 3.25. The van der Waals surface area contributed by atoms with E-state index >= 15 is 0 Å². The summed E-state index contributed by atoms with van der Waals surface area (Å²) in [4.78, 5) is 18.3. The molecule has 1 aliphatic rings. The Labute approximate surface area is 158 Å². The van der Waals surface area contributed by atoms with Crippen molar-refractivity contribution in [3.8, 4) is 0 Å². The van der Waals surface area contributed by atoms with Crippen LogP contribution >= 0.6 is 11.3 Å². The Balaban J connectivity index is 1.64. The van der Waals surface area contributed by atoms with E-state index in [0.717, 1.165) is 22.6 Å². The summed E-state index contributed by atoms with van der Waals surface area (Å²) >= 11 is 1.50. The maximum Gasteiger partial charge on any atom is 0.252 e. The normalized spacial score (nSPS) is 18.6. The van der Waals surface area contributed by atoms with Gasteiger partial charge in [0.25, 0.3) is 5.91 Å². The number of aryl methyl sites for hydroxylation is 2. The number of pyridine rings is 1. The number of sulfonamides is 1. The topological polar surface area (TPSA) is 79.4 Å². The van der Waals surface area contributed by atoms with E-state index in [-0.39, 0.29) is 11.8 Å². The molecule has 0 bridgehead atoms. The van der Waals surface area contributed by atoms with Gasteiger partial charge in [0.1, 0.15) is 0 Å². The maximum atomic E-state index is 13.0. The average Bonchev–Trinajstić information content (AvgIpc) is 2.99. The van der Waals surface area contributed by atoms with Crippen LogP contribution in [0.25, 0.3) is 0 Å². The summed E-state index contributed by atoms with van der Waals surface area (Å²) in [7, 11) is -3.47. The van der Waals surface area contributed by atoms with Crippen LogP contribution in [0.3, 0.4) is 0 Å². The van der Waals surface area contributed by atoms with Crippen molar-refractivity contribution >= 4 is 27.3 Å². The second-order valence-corrected chi connectivity index (χ2v) is 9.97. The van der Waals surface area contributed by atoms with E-state index in [1.165, 1.54) is 17.5 Å². The number of aromatic nitrogens is 1. The van der Waals surface area contributed by atoms with Crippen molar-refractivity contribution in [2.24, 2.45) is 5.92 Å². The Morgan fingerprint density at radius 1 is 1.42 bits per heavy atom. The standard InChI is InChI=1S/C18H23N3O3S2/c1-13-9-17(14(2)25-13)26(23,24)21-8-4-5-15(12-21)10-20-18(22)16-6-3-7-19-11-16/h3,6-7,9,11,15H,4-5,8,10,12H2,1-2H3,(H,20,22)/t15-/m0/s1. The number of carbonyl (C=O) groups is 1. The number of thiophene rings is 1. The maximum absolute atomic E-state index is 13.0. The number of rotatable bonds is 5. The number of nitrogens with zero attached hydrogens (tertiary/aromatic N) is 2. The molecule has 1 fully saturated rings. The molecule has 2 aromatic rings. The molecule has 0 spiro atoms. The van der Waals surface area contributed by atoms with Gasteiger partial charge in [0.15, 0.2) is 0 Å². The molecule has 1 atom stereocenters. The van der Waals surface area contributed by atoms with Gasteiger partial charge in [-0.3, -0.25) is 9.78 Å². The first-order valence-corrected chi connectivity index (χ1v) is 10.9. The summed E-state index contributed by atoms with van der Waals surface area (Å²) in [5.41, 5.74) is 0.511. The molecule has 1 N–H and O–H groups in total. The van der Waals surface area contributed by atoms with Crippen LogP contribution in [0, 0.1) is 19.8 Å². The van der Waals surface area contributed by atoms with Crippen molar-refractivity contribution in [1.29, 1.82) is 0 Å². The first kappa shape index (κ1) is 19.0. The van der Waals surface area contributed by atoms with Gasteiger partial charge in [-0.25, -0.2) is 8.42 Å². The predicted molar refractivity (Wildman–Crippen MR) is 102 cm³/mol. The highest BCUT2D eigenvalue weighted by Gasteiger charge is 2.32. The molecule has 3 rings (SSSR count). The number of hydrogen-bond acceptors (Lipinski definition) is 5. The Morgan fingerprint density at radius 2 is 2.23 bits per heavy atom. The van der Waals surface area contributed by atoms with E-state index in [4.69, 9.17) is 0 Å². The molecule has 0 radical (unpaired) electrons. The Bertz CT molecular complexity index is 878. The van der Waals surface area contributed by atoms with E-state index in [9.17, 15) is 13.2 Å². The van der Waals surface area contributed by atoms with Crippen molar-refractivity contribution in [2.45, 2.75) is 31.6 Å². The number of nitrogens with one attached hydrogen (secondary N) is 1. The van der Waals surface area contributed by atoms with Gasteiger partial charge in [-0.15, -0.1) is 11.3 Å². The Morgan fingerprint density at radius 3 is 2.88 bits per heavy atom. The van der Waals surface area contributed by atoms with Gasteiger partial charge < -0.3 is 5.32 Å². The molecule has 0 saturated carbocycles. The zero-order chi connectivity index (χ0) is 18.7. The Hall–Kier alpha value is -1.77. The molecular weight excluding hydrogens is 370 g/mol. The van der Waals surface area contributed by atoms with Crippen molar-refractivity contribution in [1.82, 2.24) is 14.6 Å². The molecule has 1 amide bonds. The molecule has 0 aromatic carbocycles. The lowest BCUT2D eigenvalue weighted by atomic mass is 9.99. The van der Waals surface area contributed by atoms with Gasteiger partial charge in [0.05, 0.1) is 10.5 Å². The quantitative estimate of drug-likeness (QED) is 0.847. The third kappa shape index (κ3) is 4.13. The second-order valence-electron chi connectivity index (χ2n) is 6.60. The van der Waals surface area contributed by atoms with E-state index in [2.05, 4.69) is 10.3 Å². The van der Waals surface area contributed by atoms with E-state index in [1.807, 2.05) is 13.8 Å². The third-order valence-corrected chi connectivity index (χ3v) is 7.66. The van der Waals surface area contributed by atoms with Crippen LogP contribution < -0.4 is 5.32 Å². The number of hydrogen-bond donors (Lipinski definition) is 1. The van der Waals surface area contributed by atoms with Crippen molar-refractivity contribution in [2.75, 3.05) is 19.6 Å². The summed E-state index contributed by atoms with van der Waals surface area (Å²) in [6.07, 6.45) is 4.85. The molecule has 6 nitrogen and oxygen atoms in total. The molecule has 8 heteroatoms. The summed E-state index contributed by atoms with van der Waals surface area (Å²) < 4.78 is 27.5. The predicted octanol–water partition coefficient (Wildman–Crippen LogP) is 2.59. The first-order chi connectivity index (χ1) is 12.4. The summed E-state index contributed by atoms with van der Waals surface area (Å²) in [5, 5.41) is 2.90. The number of piperidine rings is 1. The zero-order valence-electron chi connectivity index (χ0n) is 14.9. The van der Waals surface area contributed by atoms with Gasteiger partial charge in [-0.05, 0) is 50.8 Å². The van der Waals surface area contributed by atoms with Gasteiger partial charge in [0, 0.05) is 41.8 Å². The average molecular weight is 394 g/mol. The minimum atomic E-state index is -3.47. The van der Waals surface area contributed by atoms with Crippen LogP contribution in [-0.4, -0.2) is 43.2 Å². The van der Waals surface area contributed by atoms with E-state index in [0.29, 0.717) is 30.1 Å². The minimum absolute atomic E-state index is 0.110. The Kier molecular flexibility index (Phi) is 5.74. The molecule has 0 aliphatic carbocycles. The first-order valence-electron chi connectivity index (χ1n) is 8.63. The summed E-state index contributed by atoms with van der Waals surface area (Å²) in [6.45, 7) is 5.19. The minimum Gasteiger partial charge on any atom is -0.352 e. The molecule has 1 saturated heterocycles. The SMILES string of the molecule is Cc1cc(S(=O)(=O)N2CCC[C@@H](CNC(=O)c3cccnc3)C2)c(C)s1. The lowest BCUT2D eigenvalue weighted by molar-refractivity contribution is 0.0941. The molecule has 0 unspecified atom stereocenters. The lowest BCUT2D eigenvalue weighted by Crippen LogP contribution is -2.43. The van der Waals surface area contributed by atoms with Crippen LogP contribution in [0.15, 0.2) is 35.5 Å². The molecule has 26 heavy (non-hydrogen) atoms. The summed E-state index contributed by atoms with van der Waals surface area (Å²) in [5.74, 6) is -0.0680. The lowest BCUT2D eigenvalue weighted by Gasteiger charge is -2.32. The third-order valence-electron chi connectivity index (χ3n) is 4.57. The molecule has 3 heterocycles. The monoisotopic (exact) mass is 393 g/mol. The largest absolute Gasteiger partial charge is 0.352 e. The molecule has 1 aliphatic heterocycles. The van der Waals surface area contributed by atoms with Gasteiger partial charge in [-0.2, -0.15) is 4.31 Å². The fraction of sp³-hybridized carbons (Fsp3) is 0.444. The summed E-state index contributed by atoms with van der Waals surface area (Å²) in [6, 6.07) is 5.18. The van der Waals surface area contributed by atoms with Crippen LogP contribution in [-0.2, 0) is 10.0 Å². The molecular formula is C18H23N3O3S2. The van der Waals surface area contributed by atoms with E-state index < -0.39 is 10.0 Å². The highest BCUT2D eigenvalue weighted by molar-refractivity contribution is 7.89. The van der Waals surface area contributed by atoms with Crippen molar-refractivity contribution in [3.63, 3.8) is 0 Å². The zero-order valence-corrected chi connectivity index (χ0v) is 16.6. The van der Waals surface area contributed by atoms with Crippen LogP contribution in [0.5, 0.6) is 0 Å². The molecule has 140 valence electrons. The van der Waals surface area contributed by atoms with Crippen molar-refractivity contribution in [3.05, 3.63) is 45.9 Å². The fourth-order valence-corrected chi connectivity index (χ4v) is 6.33. The van der Waals surface area contributed by atoms with Gasteiger partial charge >= 0.3 is 0 Å². The number of amides is 1. The van der Waals surface area contributed by atoms with Gasteiger partial charge in [0.2, 0.25) is 10.0 Å². The van der Waals surface area contributed by atoms with Crippen LogP contribution in [0.2, 0.25) is 0 Å². The van der Waals surface area contributed by atoms with Crippen molar-refractivity contribution < 1.29 is 13.2 Å². The second kappa shape index (κ2) is 7.85. The van der Waals surface area contributed by atoms with Crippen LogP contribution in [0.4, 0.5) is 0 Å². The highest BCUT2D eigenvalue weighted by Crippen LogP contribution is 2.30. The molecule has 2 aromatic heterocycles. The number of carbonyl (C=O) groups excluding carboxylic acids is 1. The highest BCUT2D eigenvalue weighted by atomic mass is 32.2.